The smallest absolute Gasteiger partial charge is 0.236 e. The Kier molecular flexibility index (Phi) is 7.01. The lowest BCUT2D eigenvalue weighted by Crippen LogP contribution is -2.47. The Balaban J connectivity index is 1.54. The normalized spacial score (nSPS) is 20.4. The first-order valence-electron chi connectivity index (χ1n) is 11.3. The van der Waals surface area contributed by atoms with E-state index in [4.69, 9.17) is 9.72 Å². The van der Waals surface area contributed by atoms with Gasteiger partial charge in [-0.3, -0.25) is 9.69 Å². The van der Waals surface area contributed by atoms with Crippen LogP contribution in [0.4, 0.5) is 10.3 Å². The van der Waals surface area contributed by atoms with Crippen LogP contribution in [0, 0.1) is 11.7 Å². The summed E-state index contributed by atoms with van der Waals surface area (Å²) in [5, 5.41) is 0. The predicted molar refractivity (Wildman–Crippen MR) is 122 cm³/mol. The van der Waals surface area contributed by atoms with Gasteiger partial charge in [0.05, 0.1) is 18.8 Å². The van der Waals surface area contributed by atoms with E-state index in [2.05, 4.69) is 16.8 Å². The fourth-order valence-electron chi connectivity index (χ4n) is 4.29. The van der Waals surface area contributed by atoms with Crippen molar-refractivity contribution < 1.29 is 13.9 Å². The summed E-state index contributed by atoms with van der Waals surface area (Å²) in [6, 6.07) is 6.44. The molecule has 1 atom stereocenters. The summed E-state index contributed by atoms with van der Waals surface area (Å²) in [6.45, 7) is 6.09. The number of rotatable bonds is 5. The lowest BCUT2D eigenvalue weighted by atomic mass is 9.99. The maximum atomic E-state index is 13.9. The predicted octanol–water partition coefficient (Wildman–Crippen LogP) is 2.98. The number of amides is 1. The minimum atomic E-state index is -0.321. The highest BCUT2D eigenvalue weighted by atomic mass is 19.1. The molecule has 3 heterocycles. The third kappa shape index (κ3) is 5.24. The van der Waals surface area contributed by atoms with Crippen LogP contribution in [-0.2, 0) is 9.53 Å². The molecule has 0 bridgehead atoms. The summed E-state index contributed by atoms with van der Waals surface area (Å²) in [4.78, 5) is 28.0. The second-order valence-corrected chi connectivity index (χ2v) is 9.03. The highest BCUT2D eigenvalue weighted by Crippen LogP contribution is 2.32. The van der Waals surface area contributed by atoms with Crippen LogP contribution in [0.1, 0.15) is 31.6 Å². The van der Waals surface area contributed by atoms with Gasteiger partial charge in [0.1, 0.15) is 11.9 Å². The number of carbonyl (C=O) groups is 1. The molecule has 0 spiro atoms. The Bertz CT molecular complexity index is 946. The Morgan fingerprint density at radius 3 is 2.75 bits per heavy atom. The van der Waals surface area contributed by atoms with Crippen molar-refractivity contribution in [2.24, 2.45) is 5.92 Å². The molecule has 7 nitrogen and oxygen atoms in total. The summed E-state index contributed by atoms with van der Waals surface area (Å²) in [5.74, 6) is 1.13. The number of piperidine rings is 1. The summed E-state index contributed by atoms with van der Waals surface area (Å²) in [7, 11) is 3.76. The van der Waals surface area contributed by atoms with Gasteiger partial charge in [0.15, 0.2) is 0 Å². The molecule has 1 amide bonds. The number of aromatic nitrogens is 2. The molecule has 1 aromatic heterocycles. The molecule has 0 saturated carbocycles. The van der Waals surface area contributed by atoms with E-state index in [-0.39, 0.29) is 17.8 Å². The number of anilines is 1. The van der Waals surface area contributed by atoms with Crippen molar-refractivity contribution in [2.75, 3.05) is 58.3 Å². The van der Waals surface area contributed by atoms with E-state index in [1.54, 1.807) is 12.3 Å². The van der Waals surface area contributed by atoms with E-state index < -0.39 is 0 Å². The molecule has 2 aromatic rings. The van der Waals surface area contributed by atoms with Crippen LogP contribution in [0.15, 0.2) is 30.5 Å². The van der Waals surface area contributed by atoms with Crippen molar-refractivity contribution in [1.82, 2.24) is 19.8 Å². The third-order valence-corrected chi connectivity index (χ3v) is 6.29. The van der Waals surface area contributed by atoms with Crippen LogP contribution in [-0.4, -0.2) is 79.1 Å². The zero-order valence-corrected chi connectivity index (χ0v) is 19.1. The standard InChI is InChI=1S/C24H32FN5O2/c1-17-7-9-30(10-8-17)22(31)16-29-11-12-32-21(15-29)23-20(14-26-24(27-23)28(2)3)18-5-4-6-19(25)13-18/h4-6,13-14,17,21H,7-12,15-16H2,1-3H3. The van der Waals surface area contributed by atoms with Crippen molar-refractivity contribution in [2.45, 2.75) is 25.9 Å². The third-order valence-electron chi connectivity index (χ3n) is 6.29. The van der Waals surface area contributed by atoms with Gasteiger partial charge in [-0.15, -0.1) is 0 Å². The Hall–Kier alpha value is -2.58. The van der Waals surface area contributed by atoms with Crippen LogP contribution < -0.4 is 4.90 Å². The topological polar surface area (TPSA) is 61.8 Å². The Morgan fingerprint density at radius 1 is 1.25 bits per heavy atom. The van der Waals surface area contributed by atoms with Crippen LogP contribution in [0.2, 0.25) is 0 Å². The van der Waals surface area contributed by atoms with Gasteiger partial charge in [-0.1, -0.05) is 19.1 Å². The quantitative estimate of drug-likeness (QED) is 0.711. The molecule has 2 fully saturated rings. The maximum Gasteiger partial charge on any atom is 0.236 e. The molecule has 2 aliphatic heterocycles. The minimum Gasteiger partial charge on any atom is -0.369 e. The number of ether oxygens (including phenoxy) is 1. The first kappa shape index (κ1) is 22.6. The number of benzene rings is 1. The van der Waals surface area contributed by atoms with E-state index >= 15 is 0 Å². The molecule has 1 aromatic carbocycles. The molecule has 32 heavy (non-hydrogen) atoms. The highest BCUT2D eigenvalue weighted by molar-refractivity contribution is 5.78. The first-order chi connectivity index (χ1) is 15.4. The average Bonchev–Trinajstić information content (AvgIpc) is 2.79. The maximum absolute atomic E-state index is 13.9. The molecular formula is C24H32FN5O2. The molecule has 4 rings (SSSR count). The van der Waals surface area contributed by atoms with Crippen LogP contribution in [0.3, 0.4) is 0 Å². The van der Waals surface area contributed by atoms with Gasteiger partial charge in [0, 0.05) is 52.0 Å². The second kappa shape index (κ2) is 9.92. The number of carbonyl (C=O) groups excluding carboxylic acids is 1. The number of halogens is 1. The number of morpholine rings is 1. The van der Waals surface area contributed by atoms with Gasteiger partial charge in [0.25, 0.3) is 0 Å². The number of nitrogens with zero attached hydrogens (tertiary/aromatic N) is 5. The first-order valence-corrected chi connectivity index (χ1v) is 11.3. The summed E-state index contributed by atoms with van der Waals surface area (Å²) in [5.41, 5.74) is 2.18. The van der Waals surface area contributed by atoms with Gasteiger partial charge >= 0.3 is 0 Å². The summed E-state index contributed by atoms with van der Waals surface area (Å²) < 4.78 is 20.0. The van der Waals surface area contributed by atoms with Gasteiger partial charge in [-0.2, -0.15) is 0 Å². The number of hydrogen-bond acceptors (Lipinski definition) is 6. The fraction of sp³-hybridized carbons (Fsp3) is 0.542. The fourth-order valence-corrected chi connectivity index (χ4v) is 4.29. The number of hydrogen-bond donors (Lipinski definition) is 0. The molecule has 0 radical (unpaired) electrons. The molecule has 2 aliphatic rings. The van der Waals surface area contributed by atoms with E-state index in [0.29, 0.717) is 43.7 Å². The zero-order valence-electron chi connectivity index (χ0n) is 19.1. The monoisotopic (exact) mass is 441 g/mol. The van der Waals surface area contributed by atoms with Crippen LogP contribution >= 0.6 is 0 Å². The van der Waals surface area contributed by atoms with Crippen molar-refractivity contribution in [3.8, 4) is 11.1 Å². The molecule has 2 saturated heterocycles. The van der Waals surface area contributed by atoms with Gasteiger partial charge in [-0.25, -0.2) is 14.4 Å². The van der Waals surface area contributed by atoms with E-state index in [0.717, 1.165) is 37.2 Å². The van der Waals surface area contributed by atoms with Crippen molar-refractivity contribution in [1.29, 1.82) is 0 Å². The highest BCUT2D eigenvalue weighted by Gasteiger charge is 2.29. The van der Waals surface area contributed by atoms with Crippen molar-refractivity contribution >= 4 is 11.9 Å². The van der Waals surface area contributed by atoms with Crippen molar-refractivity contribution in [3.05, 3.63) is 42.0 Å². The van der Waals surface area contributed by atoms with Crippen LogP contribution in [0.25, 0.3) is 11.1 Å². The lowest BCUT2D eigenvalue weighted by Gasteiger charge is -2.36. The van der Waals surface area contributed by atoms with Gasteiger partial charge < -0.3 is 14.5 Å². The molecule has 1 unspecified atom stereocenters. The van der Waals surface area contributed by atoms with Gasteiger partial charge in [0.2, 0.25) is 11.9 Å². The van der Waals surface area contributed by atoms with Crippen molar-refractivity contribution in [3.63, 3.8) is 0 Å². The number of likely N-dealkylation sites (tertiary alicyclic amines) is 1. The molecule has 8 heteroatoms. The summed E-state index contributed by atoms with van der Waals surface area (Å²) in [6.07, 6.45) is 3.55. The molecule has 0 aliphatic carbocycles. The lowest BCUT2D eigenvalue weighted by molar-refractivity contribution is -0.135. The minimum absolute atomic E-state index is 0.180. The Morgan fingerprint density at radius 2 is 2.03 bits per heavy atom. The average molecular weight is 442 g/mol. The SMILES string of the molecule is CC1CCN(C(=O)CN2CCOC(c3nc(N(C)C)ncc3-c3cccc(F)c3)C2)CC1. The van der Waals surface area contributed by atoms with E-state index in [1.807, 2.05) is 30.0 Å². The summed E-state index contributed by atoms with van der Waals surface area (Å²) >= 11 is 0. The second-order valence-electron chi connectivity index (χ2n) is 9.03. The van der Waals surface area contributed by atoms with Gasteiger partial charge in [-0.05, 0) is 36.5 Å². The largest absolute Gasteiger partial charge is 0.369 e. The Labute approximate surface area is 189 Å². The van der Waals surface area contributed by atoms with Crippen LogP contribution in [0.5, 0.6) is 0 Å². The zero-order chi connectivity index (χ0) is 22.7. The molecular weight excluding hydrogens is 409 g/mol. The molecule has 172 valence electrons. The molecule has 0 N–H and O–H groups in total. The van der Waals surface area contributed by atoms with E-state index in [1.165, 1.54) is 12.1 Å². The van der Waals surface area contributed by atoms with E-state index in [9.17, 15) is 9.18 Å².